The van der Waals surface area contributed by atoms with Crippen molar-refractivity contribution < 1.29 is 93.4 Å². The first-order valence-corrected chi connectivity index (χ1v) is 6.83. The van der Waals surface area contributed by atoms with Crippen LogP contribution in [0, 0.1) is 0 Å². The minimum Gasteiger partial charge on any atom is -1.00 e. The third-order valence-electron chi connectivity index (χ3n) is 0.419. The van der Waals surface area contributed by atoms with Crippen LogP contribution in [0.4, 0.5) is 0 Å². The van der Waals surface area contributed by atoms with Crippen molar-refractivity contribution in [3.05, 3.63) is 0 Å². The molecule has 0 saturated heterocycles. The number of hydrogen-bond acceptors (Lipinski definition) is 5. The van der Waals surface area contributed by atoms with Gasteiger partial charge in [0, 0.05) is 0 Å². The van der Waals surface area contributed by atoms with Crippen LogP contribution in [-0.2, 0) is 22.3 Å². The van der Waals surface area contributed by atoms with Gasteiger partial charge in [-0.2, -0.15) is 8.62 Å². The minimum absolute atomic E-state index is 0. The molecule has 0 aliphatic carbocycles. The average molecular weight is 428 g/mol. The molecule has 0 unspecified atom stereocenters. The van der Waals surface area contributed by atoms with Gasteiger partial charge >= 0.3 is 46.5 Å². The Balaban J connectivity index is -0.0000000131. The molecule has 0 heterocycles. The van der Waals surface area contributed by atoms with E-state index in [1.54, 1.807) is 0 Å². The van der Waals surface area contributed by atoms with E-state index in [4.69, 9.17) is 24.5 Å². The van der Waals surface area contributed by atoms with Crippen LogP contribution >= 0.6 is 23.5 Å². The first kappa shape index (κ1) is 66.1. The fraction of sp³-hybridized carbons (Fsp3) is 0. The van der Waals surface area contributed by atoms with Gasteiger partial charge in [0.25, 0.3) is 0 Å². The summed E-state index contributed by atoms with van der Waals surface area (Å²) in [5.74, 6) is 0. The summed E-state index contributed by atoms with van der Waals surface area (Å²) in [5.41, 5.74) is 0. The Morgan fingerprint density at radius 1 is 0.545 bits per heavy atom. The molecule has 0 rings (SSSR count). The molecule has 148 valence electrons. The van der Waals surface area contributed by atoms with E-state index in [2.05, 4.69) is 8.62 Å². The Hall–Kier alpha value is 0.856. The van der Waals surface area contributed by atoms with Gasteiger partial charge in [0.15, 0.2) is 0 Å². The Bertz CT molecular complexity index is 290. The maximum Gasteiger partial charge on any atom is 2.00 e. The topological polar surface area (TPSA) is 423 Å². The number of rotatable bonds is 4. The van der Waals surface area contributed by atoms with Crippen LogP contribution in [0.15, 0.2) is 0 Å². The second kappa shape index (κ2) is 21.9. The first-order chi connectivity index (χ1) is 5.41. The molecular weight excluding hydrogens is 405 g/mol. The fourth-order valence-electron chi connectivity index (χ4n) is 0.284. The van der Waals surface area contributed by atoms with Crippen molar-refractivity contribution in [3.8, 4) is 0 Å². The Morgan fingerprint density at radius 3 is 0.773 bits per heavy atom. The molecule has 0 atom stereocenters. The molecule has 22 heteroatoms. The maximum atomic E-state index is 10.4. The molecule has 0 saturated carbocycles. The monoisotopic (exact) mass is 428 g/mol. The van der Waals surface area contributed by atoms with E-state index in [1.165, 1.54) is 0 Å². The van der Waals surface area contributed by atoms with E-state index in [1.807, 2.05) is 0 Å². The van der Waals surface area contributed by atoms with E-state index < -0.39 is 23.5 Å². The molecule has 0 fully saturated rings. The van der Waals surface area contributed by atoms with Crippen LogP contribution < -0.4 is 0 Å². The van der Waals surface area contributed by atoms with Crippen molar-refractivity contribution in [2.24, 2.45) is 0 Å². The summed E-state index contributed by atoms with van der Waals surface area (Å²) in [6.45, 7) is 0. The molecule has 0 amide bonds. The Labute approximate surface area is 140 Å². The summed E-state index contributed by atoms with van der Waals surface area (Å²) in [6, 6.07) is 0. The van der Waals surface area contributed by atoms with Crippen molar-refractivity contribution >= 4 is 46.5 Å². The molecule has 22 heavy (non-hydrogen) atoms. The summed E-state index contributed by atoms with van der Waals surface area (Å²) >= 11 is 0. The molecule has 0 aliphatic heterocycles. The van der Waals surface area contributed by atoms with Gasteiger partial charge in [-0.3, -0.25) is 0 Å². The summed E-state index contributed by atoms with van der Waals surface area (Å²) < 4.78 is 36.4. The third-order valence-corrected chi connectivity index (χ3v) is 3.77. The van der Waals surface area contributed by atoms with Gasteiger partial charge in [0.2, 0.25) is 0 Å². The van der Waals surface area contributed by atoms with E-state index in [-0.39, 0.29) is 69.7 Å². The minimum atomic E-state index is -5.46. The van der Waals surface area contributed by atoms with Crippen molar-refractivity contribution in [2.45, 2.75) is 0 Å². The van der Waals surface area contributed by atoms with E-state index in [9.17, 15) is 13.7 Å². The standard InChI is InChI=1S/Mg.H5O10P3.8H2O.2H/c;1-11(2,3)9-13(7,8)10-12(4,5)6;;;;;;;;;;/h;(H,7,8)(H2,1,2,3)(H2,4,5,6);8*1H2;;/q+2;;;;;;;;;;2*-1. The number of hydrogen-bond donors (Lipinski definition) is 5. The zero-order valence-corrected chi connectivity index (χ0v) is 14.4. The van der Waals surface area contributed by atoms with E-state index >= 15 is 0 Å². The maximum absolute atomic E-state index is 10.4. The molecular formula is H23MgO18P3. The van der Waals surface area contributed by atoms with Gasteiger partial charge in [0.05, 0.1) is 0 Å². The summed E-state index contributed by atoms with van der Waals surface area (Å²) in [6.07, 6.45) is 0. The van der Waals surface area contributed by atoms with Crippen LogP contribution in [0.2, 0.25) is 0 Å². The van der Waals surface area contributed by atoms with Crippen LogP contribution in [0.3, 0.4) is 0 Å². The Morgan fingerprint density at radius 2 is 0.682 bits per heavy atom. The molecule has 21 N–H and O–H groups in total. The number of phosphoric acid groups is 3. The molecule has 0 bridgehead atoms. The van der Waals surface area contributed by atoms with Crippen LogP contribution in [0.1, 0.15) is 2.85 Å². The van der Waals surface area contributed by atoms with Crippen LogP contribution in [0.25, 0.3) is 0 Å². The van der Waals surface area contributed by atoms with Crippen LogP contribution in [0.5, 0.6) is 0 Å². The molecule has 0 spiro atoms. The summed E-state index contributed by atoms with van der Waals surface area (Å²) in [4.78, 5) is 40.2. The molecule has 0 radical (unpaired) electrons. The van der Waals surface area contributed by atoms with E-state index in [0.717, 1.165) is 0 Å². The van der Waals surface area contributed by atoms with Crippen molar-refractivity contribution in [3.63, 3.8) is 0 Å². The van der Waals surface area contributed by atoms with Gasteiger partial charge in [0.1, 0.15) is 0 Å². The molecule has 18 nitrogen and oxygen atoms in total. The SMILES string of the molecule is O.O.O.O.O.O.O.O.O=P(O)(O)OP(=O)(O)OP(=O)(O)O.[H-].[H-].[Mg+2]. The van der Waals surface area contributed by atoms with Gasteiger partial charge in [-0.15, -0.1) is 0 Å². The largest absolute Gasteiger partial charge is 2.00 e. The summed E-state index contributed by atoms with van der Waals surface area (Å²) in [5, 5.41) is 0. The molecule has 0 aromatic carbocycles. The second-order valence-corrected chi connectivity index (χ2v) is 5.82. The fourth-order valence-corrected chi connectivity index (χ4v) is 2.82. The van der Waals surface area contributed by atoms with Crippen molar-refractivity contribution in [2.75, 3.05) is 0 Å². The first-order valence-electron chi connectivity index (χ1n) is 2.28. The molecule has 0 aromatic heterocycles. The van der Waals surface area contributed by atoms with E-state index in [0.29, 0.717) is 0 Å². The zero-order chi connectivity index (χ0) is 10.9. The predicted molar refractivity (Wildman–Crippen MR) is 73.0 cm³/mol. The Kier molecular flexibility index (Phi) is 65.6. The van der Waals surface area contributed by atoms with Gasteiger partial charge in [-0.05, 0) is 0 Å². The normalized spacial score (nSPS) is 8.59. The zero-order valence-electron chi connectivity index (χ0n) is 12.3. The van der Waals surface area contributed by atoms with Crippen molar-refractivity contribution in [1.82, 2.24) is 0 Å². The molecule has 0 aliphatic rings. The predicted octanol–water partition coefficient (Wildman–Crippen LogP) is -7.45. The smallest absolute Gasteiger partial charge is 1.00 e. The van der Waals surface area contributed by atoms with Gasteiger partial charge in [-0.25, -0.2) is 13.7 Å². The average Bonchev–Trinajstić information content (AvgIpc) is 1.43. The van der Waals surface area contributed by atoms with Gasteiger partial charge < -0.3 is 71.1 Å². The van der Waals surface area contributed by atoms with Crippen LogP contribution in [-0.4, -0.2) is 91.3 Å². The third kappa shape index (κ3) is 49.8. The second-order valence-electron chi connectivity index (χ2n) is 1.61. The van der Waals surface area contributed by atoms with Crippen molar-refractivity contribution in [1.29, 1.82) is 0 Å². The van der Waals surface area contributed by atoms with Gasteiger partial charge in [-0.1, -0.05) is 0 Å². The molecule has 0 aromatic rings. The quantitative estimate of drug-likeness (QED) is 0.208. The summed E-state index contributed by atoms with van der Waals surface area (Å²) in [7, 11) is -16.2.